The van der Waals surface area contributed by atoms with Crippen molar-refractivity contribution >= 4 is 12.1 Å². The predicted molar refractivity (Wildman–Crippen MR) is 83.4 cm³/mol. The maximum atomic E-state index is 11.8. The van der Waals surface area contributed by atoms with E-state index in [2.05, 4.69) is 15.5 Å². The number of methoxy groups -OCH3 is 1. The summed E-state index contributed by atoms with van der Waals surface area (Å²) in [5.74, 6) is 0.612. The van der Waals surface area contributed by atoms with Crippen LogP contribution in [0.1, 0.15) is 15.9 Å². The Labute approximate surface area is 133 Å². The Kier molecular flexibility index (Phi) is 5.66. The van der Waals surface area contributed by atoms with E-state index in [1.165, 1.54) is 25.7 Å². The summed E-state index contributed by atoms with van der Waals surface area (Å²) in [6, 6.07) is 10.2. The van der Waals surface area contributed by atoms with Gasteiger partial charge in [-0.15, -0.1) is 0 Å². The average Bonchev–Trinajstić information content (AvgIpc) is 2.61. The van der Waals surface area contributed by atoms with Gasteiger partial charge < -0.3 is 9.47 Å². The standard InChI is InChI=1S/C16H14N4O3/c1-22-15-10-12(2-3-14(15)23-9-6-17)11-19-20-16(21)13-4-7-18-8-5-13/h2-5,7-8,10-11H,9H2,1H3,(H,20,21)/b19-11-. The Hall–Kier alpha value is -3.40. The molecule has 2 aromatic rings. The van der Waals surface area contributed by atoms with Crippen molar-refractivity contribution in [3.05, 3.63) is 53.9 Å². The lowest BCUT2D eigenvalue weighted by Crippen LogP contribution is -2.17. The van der Waals surface area contributed by atoms with Crippen LogP contribution in [0.15, 0.2) is 47.8 Å². The van der Waals surface area contributed by atoms with Crippen LogP contribution in [0.4, 0.5) is 0 Å². The summed E-state index contributed by atoms with van der Waals surface area (Å²) in [6.07, 6.45) is 4.54. The Balaban J connectivity index is 2.02. The van der Waals surface area contributed by atoms with Crippen molar-refractivity contribution in [2.45, 2.75) is 0 Å². The largest absolute Gasteiger partial charge is 0.493 e. The number of nitriles is 1. The number of ether oxygens (including phenoxy) is 2. The normalized spacial score (nSPS) is 10.1. The number of nitrogens with one attached hydrogen (secondary N) is 1. The van der Waals surface area contributed by atoms with Gasteiger partial charge in [0.05, 0.1) is 13.3 Å². The van der Waals surface area contributed by atoms with Crippen molar-refractivity contribution in [3.63, 3.8) is 0 Å². The fourth-order valence-electron chi connectivity index (χ4n) is 1.73. The third kappa shape index (κ3) is 4.54. The molecule has 1 heterocycles. The van der Waals surface area contributed by atoms with Crippen molar-refractivity contribution in [3.8, 4) is 17.6 Å². The van der Waals surface area contributed by atoms with Gasteiger partial charge in [-0.25, -0.2) is 5.43 Å². The fourth-order valence-corrected chi connectivity index (χ4v) is 1.73. The number of benzene rings is 1. The number of carbonyl (C=O) groups is 1. The molecule has 2 rings (SSSR count). The van der Waals surface area contributed by atoms with Gasteiger partial charge in [0.15, 0.2) is 18.1 Å². The Morgan fingerprint density at radius 1 is 1.35 bits per heavy atom. The maximum absolute atomic E-state index is 11.8. The number of amides is 1. The SMILES string of the molecule is COc1cc(/C=N\NC(=O)c2ccncc2)ccc1OCC#N. The summed E-state index contributed by atoms with van der Waals surface area (Å²) in [5.41, 5.74) is 3.60. The van der Waals surface area contributed by atoms with Gasteiger partial charge in [-0.3, -0.25) is 9.78 Å². The smallest absolute Gasteiger partial charge is 0.271 e. The number of hydrogen-bond acceptors (Lipinski definition) is 6. The summed E-state index contributed by atoms with van der Waals surface area (Å²) in [6.45, 7) is -0.0637. The first kappa shape index (κ1) is 16.0. The molecule has 0 aliphatic rings. The maximum Gasteiger partial charge on any atom is 0.271 e. The van der Waals surface area contributed by atoms with Crippen LogP contribution in [0.2, 0.25) is 0 Å². The van der Waals surface area contributed by atoms with Crippen molar-refractivity contribution in [1.82, 2.24) is 10.4 Å². The third-order valence-corrected chi connectivity index (χ3v) is 2.80. The highest BCUT2D eigenvalue weighted by atomic mass is 16.5. The van der Waals surface area contributed by atoms with Gasteiger partial charge in [0, 0.05) is 18.0 Å². The highest BCUT2D eigenvalue weighted by Gasteiger charge is 2.05. The molecule has 0 saturated carbocycles. The van der Waals surface area contributed by atoms with Crippen molar-refractivity contribution < 1.29 is 14.3 Å². The van der Waals surface area contributed by atoms with E-state index < -0.39 is 0 Å². The molecule has 1 aromatic carbocycles. The highest BCUT2D eigenvalue weighted by molar-refractivity contribution is 5.94. The van der Waals surface area contributed by atoms with Crippen LogP contribution in [0.3, 0.4) is 0 Å². The first-order chi connectivity index (χ1) is 11.2. The Bertz CT molecular complexity index is 739. The van der Waals surface area contributed by atoms with E-state index in [-0.39, 0.29) is 12.5 Å². The zero-order valence-corrected chi connectivity index (χ0v) is 12.4. The van der Waals surface area contributed by atoms with Gasteiger partial charge in [-0.05, 0) is 35.9 Å². The van der Waals surface area contributed by atoms with Crippen molar-refractivity contribution in [2.24, 2.45) is 5.10 Å². The van der Waals surface area contributed by atoms with Crippen molar-refractivity contribution in [2.75, 3.05) is 13.7 Å². The summed E-state index contributed by atoms with van der Waals surface area (Å²) in [5, 5.41) is 12.4. The van der Waals surface area contributed by atoms with Gasteiger partial charge in [0.1, 0.15) is 6.07 Å². The van der Waals surface area contributed by atoms with E-state index in [1.807, 2.05) is 6.07 Å². The number of carbonyl (C=O) groups excluding carboxylic acids is 1. The lowest BCUT2D eigenvalue weighted by molar-refractivity contribution is 0.0955. The number of hydrazone groups is 1. The fraction of sp³-hybridized carbons (Fsp3) is 0.125. The number of pyridine rings is 1. The highest BCUT2D eigenvalue weighted by Crippen LogP contribution is 2.27. The second-order valence-corrected chi connectivity index (χ2v) is 4.29. The van der Waals surface area contributed by atoms with Crippen LogP contribution < -0.4 is 14.9 Å². The number of hydrogen-bond donors (Lipinski definition) is 1. The van der Waals surface area contributed by atoms with E-state index in [4.69, 9.17) is 14.7 Å². The van der Waals surface area contributed by atoms with Crippen LogP contribution in [-0.2, 0) is 0 Å². The second kappa shape index (κ2) is 8.14. The molecule has 0 unspecified atom stereocenters. The molecular weight excluding hydrogens is 296 g/mol. The molecular formula is C16H14N4O3. The molecule has 23 heavy (non-hydrogen) atoms. The average molecular weight is 310 g/mol. The molecule has 116 valence electrons. The molecule has 0 bridgehead atoms. The Morgan fingerprint density at radius 2 is 2.13 bits per heavy atom. The van der Waals surface area contributed by atoms with Crippen molar-refractivity contribution in [1.29, 1.82) is 5.26 Å². The van der Waals surface area contributed by atoms with Crippen LogP contribution in [-0.4, -0.2) is 30.8 Å². The Morgan fingerprint density at radius 3 is 2.83 bits per heavy atom. The number of rotatable bonds is 6. The minimum absolute atomic E-state index is 0.0637. The molecule has 0 saturated heterocycles. The molecule has 0 aliphatic heterocycles. The molecule has 0 radical (unpaired) electrons. The quantitative estimate of drug-likeness (QED) is 0.647. The van der Waals surface area contributed by atoms with E-state index in [1.54, 1.807) is 30.3 Å². The molecule has 1 amide bonds. The third-order valence-electron chi connectivity index (χ3n) is 2.80. The van der Waals surface area contributed by atoms with E-state index in [0.717, 1.165) is 0 Å². The summed E-state index contributed by atoms with van der Waals surface area (Å²) < 4.78 is 10.4. The second-order valence-electron chi connectivity index (χ2n) is 4.29. The van der Waals surface area contributed by atoms with Crippen LogP contribution in [0.5, 0.6) is 11.5 Å². The molecule has 0 fully saturated rings. The number of nitrogens with zero attached hydrogens (tertiary/aromatic N) is 3. The minimum Gasteiger partial charge on any atom is -0.493 e. The number of aromatic nitrogens is 1. The first-order valence-electron chi connectivity index (χ1n) is 6.66. The van der Waals surface area contributed by atoms with E-state index in [0.29, 0.717) is 22.6 Å². The van der Waals surface area contributed by atoms with Gasteiger partial charge in [-0.1, -0.05) is 0 Å². The molecule has 7 heteroatoms. The van der Waals surface area contributed by atoms with Gasteiger partial charge in [0.25, 0.3) is 5.91 Å². The predicted octanol–water partition coefficient (Wildman–Crippen LogP) is 1.76. The van der Waals surface area contributed by atoms with Gasteiger partial charge >= 0.3 is 0 Å². The lowest BCUT2D eigenvalue weighted by atomic mass is 10.2. The molecule has 7 nitrogen and oxygen atoms in total. The molecule has 1 aromatic heterocycles. The zero-order valence-electron chi connectivity index (χ0n) is 12.4. The van der Waals surface area contributed by atoms with Gasteiger partial charge in [-0.2, -0.15) is 10.4 Å². The van der Waals surface area contributed by atoms with E-state index in [9.17, 15) is 4.79 Å². The minimum atomic E-state index is -0.329. The monoisotopic (exact) mass is 310 g/mol. The zero-order chi connectivity index (χ0) is 16.5. The molecule has 0 spiro atoms. The van der Waals surface area contributed by atoms with Crippen LogP contribution >= 0.6 is 0 Å². The molecule has 0 atom stereocenters. The first-order valence-corrected chi connectivity index (χ1v) is 6.66. The topological polar surface area (TPSA) is 96.6 Å². The molecule has 1 N–H and O–H groups in total. The van der Waals surface area contributed by atoms with Crippen LogP contribution in [0.25, 0.3) is 0 Å². The lowest BCUT2D eigenvalue weighted by Gasteiger charge is -2.08. The summed E-state index contributed by atoms with van der Waals surface area (Å²) in [7, 11) is 1.50. The van der Waals surface area contributed by atoms with Crippen LogP contribution in [0, 0.1) is 11.3 Å². The van der Waals surface area contributed by atoms with Gasteiger partial charge in [0.2, 0.25) is 0 Å². The molecule has 0 aliphatic carbocycles. The summed E-state index contributed by atoms with van der Waals surface area (Å²) in [4.78, 5) is 15.6. The summed E-state index contributed by atoms with van der Waals surface area (Å²) >= 11 is 0. The van der Waals surface area contributed by atoms with E-state index >= 15 is 0 Å².